The van der Waals surface area contributed by atoms with Gasteiger partial charge in [0, 0.05) is 28.7 Å². The minimum absolute atomic E-state index is 0.367. The van der Waals surface area contributed by atoms with E-state index in [-0.39, 0.29) is 0 Å². The zero-order chi connectivity index (χ0) is 25.9. The normalized spacial score (nSPS) is 19.7. The highest BCUT2D eigenvalue weighted by molar-refractivity contribution is 6.17. The molecule has 0 aliphatic carbocycles. The van der Waals surface area contributed by atoms with Crippen molar-refractivity contribution in [1.29, 1.82) is 0 Å². The van der Waals surface area contributed by atoms with E-state index in [0.29, 0.717) is 40.3 Å². The van der Waals surface area contributed by atoms with Gasteiger partial charge in [0.15, 0.2) is 11.5 Å². The van der Waals surface area contributed by atoms with Crippen molar-refractivity contribution >= 4 is 17.5 Å². The Balaban J connectivity index is 1.87. The molecule has 1 unspecified atom stereocenters. The molecule has 0 aromatic heterocycles. The quantitative estimate of drug-likeness (QED) is 0.608. The number of methoxy groups -OCH3 is 1. The molecule has 1 atom stereocenters. The maximum atomic E-state index is 12.9. The fourth-order valence-corrected chi connectivity index (χ4v) is 4.60. The van der Waals surface area contributed by atoms with Gasteiger partial charge >= 0.3 is 0 Å². The topological polar surface area (TPSA) is 123 Å². The summed E-state index contributed by atoms with van der Waals surface area (Å²) in [5.41, 5.74) is 7.13. The van der Waals surface area contributed by atoms with Crippen molar-refractivity contribution in [3.8, 4) is 11.5 Å². The van der Waals surface area contributed by atoms with Gasteiger partial charge in [-0.05, 0) is 65.3 Å². The van der Waals surface area contributed by atoms with Crippen molar-refractivity contribution in [1.82, 2.24) is 5.32 Å². The number of carbonyl (C=O) groups is 2. The number of nitrogens with two attached hydrogens (primary N) is 1. The first kappa shape index (κ1) is 24.7. The molecule has 2 heterocycles. The molecular weight excluding hydrogens is 446 g/mol. The molecule has 186 valence electrons. The summed E-state index contributed by atoms with van der Waals surface area (Å²) in [4.78, 5) is 29.6. The van der Waals surface area contributed by atoms with E-state index >= 15 is 0 Å². The molecule has 8 nitrogen and oxygen atoms in total. The number of aliphatic imine (C=N–C) groups is 1. The van der Waals surface area contributed by atoms with Crippen molar-refractivity contribution in [2.45, 2.75) is 70.7 Å². The van der Waals surface area contributed by atoms with Crippen LogP contribution in [0.5, 0.6) is 11.5 Å². The maximum absolute atomic E-state index is 12.9. The lowest BCUT2D eigenvalue weighted by molar-refractivity contribution is -0.122. The Labute approximate surface area is 205 Å². The standard InChI is InChI=1S/C27H33N3O5/c1-25(2)13-17-19-16(12-18(34-7)21(17)35-25)22(31)26(3,4)29-20(19)14-9-8-10-15(11-14)23(32)30-27(5,6)24(28)33/h8-12,22,31H,13H2,1-7H3,(H2,28,33)(H,30,32). The summed E-state index contributed by atoms with van der Waals surface area (Å²) >= 11 is 0. The predicted molar refractivity (Wildman–Crippen MR) is 133 cm³/mol. The van der Waals surface area contributed by atoms with E-state index < -0.39 is 34.6 Å². The first-order valence-electron chi connectivity index (χ1n) is 11.6. The molecule has 2 aliphatic rings. The fraction of sp³-hybridized carbons (Fsp3) is 0.444. The third kappa shape index (κ3) is 4.27. The van der Waals surface area contributed by atoms with Gasteiger partial charge < -0.3 is 25.6 Å². The van der Waals surface area contributed by atoms with E-state index in [1.165, 1.54) is 0 Å². The number of nitrogens with zero attached hydrogens (tertiary/aromatic N) is 1. The number of amides is 2. The monoisotopic (exact) mass is 479 g/mol. The highest BCUT2D eigenvalue weighted by Gasteiger charge is 2.43. The maximum Gasteiger partial charge on any atom is 0.252 e. The van der Waals surface area contributed by atoms with Gasteiger partial charge in [-0.1, -0.05) is 12.1 Å². The van der Waals surface area contributed by atoms with E-state index in [4.69, 9.17) is 20.2 Å². The average molecular weight is 480 g/mol. The molecule has 0 radical (unpaired) electrons. The first-order chi connectivity index (χ1) is 16.2. The van der Waals surface area contributed by atoms with Crippen LogP contribution >= 0.6 is 0 Å². The van der Waals surface area contributed by atoms with Crippen LogP contribution in [0, 0.1) is 0 Å². The summed E-state index contributed by atoms with van der Waals surface area (Å²) in [6.07, 6.45) is -0.243. The molecule has 35 heavy (non-hydrogen) atoms. The van der Waals surface area contributed by atoms with Crippen molar-refractivity contribution in [2.24, 2.45) is 10.7 Å². The number of benzene rings is 2. The lowest BCUT2D eigenvalue weighted by Crippen LogP contribution is -2.53. The number of ether oxygens (including phenoxy) is 2. The number of aliphatic hydroxyl groups is 1. The Kier molecular flexibility index (Phi) is 5.71. The van der Waals surface area contributed by atoms with Gasteiger partial charge in [0.1, 0.15) is 17.2 Å². The Morgan fingerprint density at radius 1 is 1.23 bits per heavy atom. The highest BCUT2D eigenvalue weighted by atomic mass is 16.5. The smallest absolute Gasteiger partial charge is 0.252 e. The van der Waals surface area contributed by atoms with E-state index in [1.807, 2.05) is 39.8 Å². The Morgan fingerprint density at radius 3 is 2.54 bits per heavy atom. The second kappa shape index (κ2) is 8.09. The van der Waals surface area contributed by atoms with Crippen molar-refractivity contribution in [2.75, 3.05) is 7.11 Å². The zero-order valence-corrected chi connectivity index (χ0v) is 21.3. The predicted octanol–water partition coefficient (Wildman–Crippen LogP) is 3.07. The van der Waals surface area contributed by atoms with Crippen LogP contribution in [-0.2, 0) is 11.2 Å². The number of rotatable bonds is 5. The van der Waals surface area contributed by atoms with Crippen LogP contribution in [0.15, 0.2) is 35.3 Å². The molecule has 0 bridgehead atoms. The number of aliphatic hydroxyl groups excluding tert-OH is 1. The zero-order valence-electron chi connectivity index (χ0n) is 21.3. The van der Waals surface area contributed by atoms with Gasteiger partial charge in [-0.2, -0.15) is 0 Å². The van der Waals surface area contributed by atoms with Gasteiger partial charge in [0.2, 0.25) is 5.91 Å². The number of carbonyl (C=O) groups excluding carboxylic acids is 2. The van der Waals surface area contributed by atoms with Gasteiger partial charge in [-0.25, -0.2) is 0 Å². The number of fused-ring (bicyclic) bond motifs is 3. The molecule has 0 spiro atoms. The molecule has 4 N–H and O–H groups in total. The minimum atomic E-state index is -1.20. The van der Waals surface area contributed by atoms with E-state index in [0.717, 1.165) is 11.1 Å². The molecule has 8 heteroatoms. The highest BCUT2D eigenvalue weighted by Crippen LogP contribution is 2.50. The summed E-state index contributed by atoms with van der Waals surface area (Å²) in [6.45, 7) is 10.9. The van der Waals surface area contributed by atoms with Crippen LogP contribution in [0.25, 0.3) is 0 Å². The van der Waals surface area contributed by atoms with E-state index in [1.54, 1.807) is 39.2 Å². The molecule has 2 aromatic rings. The van der Waals surface area contributed by atoms with Crippen LogP contribution < -0.4 is 20.5 Å². The Bertz CT molecular complexity index is 1260. The van der Waals surface area contributed by atoms with Gasteiger partial charge in [-0.3, -0.25) is 14.6 Å². The second-order valence-electron chi connectivity index (χ2n) is 10.9. The number of primary amides is 1. The average Bonchev–Trinajstić information content (AvgIpc) is 3.10. The molecule has 2 aliphatic heterocycles. The summed E-state index contributed by atoms with van der Waals surface area (Å²) in [6, 6.07) is 8.88. The lowest BCUT2D eigenvalue weighted by atomic mass is 9.79. The fourth-order valence-electron chi connectivity index (χ4n) is 4.60. The minimum Gasteiger partial charge on any atom is -0.493 e. The molecular formula is C27H33N3O5. The van der Waals surface area contributed by atoms with Crippen LogP contribution in [-0.4, -0.2) is 46.4 Å². The van der Waals surface area contributed by atoms with Gasteiger partial charge in [0.05, 0.1) is 18.4 Å². The Hall–Kier alpha value is -3.39. The summed E-state index contributed by atoms with van der Waals surface area (Å²) in [7, 11) is 1.59. The van der Waals surface area contributed by atoms with E-state index in [9.17, 15) is 14.7 Å². The van der Waals surface area contributed by atoms with Gasteiger partial charge in [-0.15, -0.1) is 0 Å². The summed E-state index contributed by atoms with van der Waals surface area (Å²) < 4.78 is 11.8. The van der Waals surface area contributed by atoms with Crippen LogP contribution in [0.2, 0.25) is 0 Å². The van der Waals surface area contributed by atoms with Crippen LogP contribution in [0.4, 0.5) is 0 Å². The van der Waals surface area contributed by atoms with Crippen molar-refractivity contribution in [3.63, 3.8) is 0 Å². The van der Waals surface area contributed by atoms with E-state index in [2.05, 4.69) is 5.32 Å². The molecule has 2 amide bonds. The summed E-state index contributed by atoms with van der Waals surface area (Å²) in [5.74, 6) is 0.168. The van der Waals surface area contributed by atoms with Crippen LogP contribution in [0.1, 0.15) is 80.3 Å². The summed E-state index contributed by atoms with van der Waals surface area (Å²) in [5, 5.41) is 13.9. The molecule has 0 saturated carbocycles. The SMILES string of the molecule is COc1cc2c(c3c1OC(C)(C)C3)C(c1cccc(C(=O)NC(C)(C)C(N)=O)c1)=NC(C)(C)C2O. The van der Waals surface area contributed by atoms with Crippen LogP contribution in [0.3, 0.4) is 0 Å². The molecule has 0 fully saturated rings. The number of hydrogen-bond acceptors (Lipinski definition) is 6. The Morgan fingerprint density at radius 2 is 1.91 bits per heavy atom. The third-order valence-electron chi connectivity index (χ3n) is 6.62. The largest absolute Gasteiger partial charge is 0.493 e. The number of hydrogen-bond donors (Lipinski definition) is 3. The molecule has 0 saturated heterocycles. The van der Waals surface area contributed by atoms with Crippen molar-refractivity contribution in [3.05, 3.63) is 58.1 Å². The second-order valence-corrected chi connectivity index (χ2v) is 10.9. The first-order valence-corrected chi connectivity index (χ1v) is 11.6. The molecule has 4 rings (SSSR count). The lowest BCUT2D eigenvalue weighted by Gasteiger charge is -2.35. The van der Waals surface area contributed by atoms with Gasteiger partial charge in [0.25, 0.3) is 5.91 Å². The van der Waals surface area contributed by atoms with Crippen molar-refractivity contribution < 1.29 is 24.2 Å². The number of nitrogens with one attached hydrogen (secondary N) is 1. The third-order valence-corrected chi connectivity index (χ3v) is 6.62. The molecule has 2 aromatic carbocycles.